The van der Waals surface area contributed by atoms with Crippen LogP contribution in [0.15, 0.2) is 35.6 Å². The Balaban J connectivity index is 2.74. The second-order valence-electron chi connectivity index (χ2n) is 4.36. The minimum atomic E-state index is -0.891. The van der Waals surface area contributed by atoms with Crippen LogP contribution in [0.4, 0.5) is 0 Å². The molecule has 1 aromatic carbocycles. The molecule has 1 aromatic heterocycles. The Hall–Kier alpha value is -2.76. The highest BCUT2D eigenvalue weighted by Gasteiger charge is 2.22. The number of fused-ring (bicyclic) bond motifs is 1. The van der Waals surface area contributed by atoms with Crippen molar-refractivity contribution in [2.75, 3.05) is 13.7 Å². The normalized spacial score (nSPS) is 10.4. The molecule has 6 nitrogen and oxygen atoms in total. The van der Waals surface area contributed by atoms with E-state index in [1.165, 1.54) is 24.8 Å². The SMILES string of the molecule is C=CCOC(=O)c1c(O)c2cc(OC)ccc2n(C)c1=O. The van der Waals surface area contributed by atoms with E-state index in [0.717, 1.165) is 0 Å². The molecular weight excluding hydrogens is 274 g/mol. The van der Waals surface area contributed by atoms with Gasteiger partial charge in [-0.2, -0.15) is 0 Å². The molecule has 0 atom stereocenters. The first-order valence-corrected chi connectivity index (χ1v) is 6.19. The van der Waals surface area contributed by atoms with Gasteiger partial charge >= 0.3 is 5.97 Å². The number of ether oxygens (including phenoxy) is 2. The van der Waals surface area contributed by atoms with Crippen LogP contribution >= 0.6 is 0 Å². The van der Waals surface area contributed by atoms with Gasteiger partial charge in [-0.25, -0.2) is 4.79 Å². The molecule has 21 heavy (non-hydrogen) atoms. The lowest BCUT2D eigenvalue weighted by Gasteiger charge is -2.12. The third-order valence-corrected chi connectivity index (χ3v) is 3.11. The van der Waals surface area contributed by atoms with E-state index in [1.54, 1.807) is 18.2 Å². The number of aromatic nitrogens is 1. The molecule has 0 saturated heterocycles. The van der Waals surface area contributed by atoms with Crippen molar-refractivity contribution in [3.8, 4) is 11.5 Å². The number of esters is 1. The van der Waals surface area contributed by atoms with Gasteiger partial charge in [0.2, 0.25) is 0 Å². The lowest BCUT2D eigenvalue weighted by molar-refractivity contribution is 0.0544. The number of carbonyl (C=O) groups is 1. The number of benzene rings is 1. The van der Waals surface area contributed by atoms with Crippen LogP contribution in [0.5, 0.6) is 11.5 Å². The van der Waals surface area contributed by atoms with Crippen molar-refractivity contribution >= 4 is 16.9 Å². The van der Waals surface area contributed by atoms with Crippen LogP contribution in [0.2, 0.25) is 0 Å². The maximum absolute atomic E-state index is 12.2. The molecule has 110 valence electrons. The average Bonchev–Trinajstić information content (AvgIpc) is 2.50. The van der Waals surface area contributed by atoms with Gasteiger partial charge in [-0.1, -0.05) is 12.7 Å². The predicted molar refractivity (Wildman–Crippen MR) is 77.9 cm³/mol. The van der Waals surface area contributed by atoms with E-state index in [2.05, 4.69) is 6.58 Å². The highest BCUT2D eigenvalue weighted by Crippen LogP contribution is 2.29. The van der Waals surface area contributed by atoms with Crippen LogP contribution < -0.4 is 10.3 Å². The first-order chi connectivity index (χ1) is 10.0. The standard InChI is InChI=1S/C15H15NO5/c1-4-7-21-15(19)12-13(17)10-8-9(20-3)5-6-11(10)16(2)14(12)18/h4-6,8,17H,1,7H2,2-3H3. The molecule has 2 aromatic rings. The number of carbonyl (C=O) groups excluding carboxylic acids is 1. The van der Waals surface area contributed by atoms with Gasteiger partial charge in [-0.05, 0) is 18.2 Å². The van der Waals surface area contributed by atoms with Crippen LogP contribution in [-0.4, -0.2) is 29.4 Å². The van der Waals surface area contributed by atoms with Crippen LogP contribution in [0.1, 0.15) is 10.4 Å². The first-order valence-electron chi connectivity index (χ1n) is 6.19. The Bertz CT molecular complexity index is 776. The summed E-state index contributed by atoms with van der Waals surface area (Å²) < 4.78 is 11.2. The largest absolute Gasteiger partial charge is 0.506 e. The Kier molecular flexibility index (Phi) is 3.98. The number of aryl methyl sites for hydroxylation is 1. The number of rotatable bonds is 4. The molecule has 0 amide bonds. The quantitative estimate of drug-likeness (QED) is 0.683. The summed E-state index contributed by atoms with van der Waals surface area (Å²) in [5.74, 6) is -0.805. The fraction of sp³-hybridized carbons (Fsp3) is 0.200. The molecule has 0 aliphatic heterocycles. The molecule has 1 N–H and O–H groups in total. The van der Waals surface area contributed by atoms with E-state index in [-0.39, 0.29) is 6.61 Å². The fourth-order valence-corrected chi connectivity index (χ4v) is 2.03. The van der Waals surface area contributed by atoms with Gasteiger partial charge in [0.05, 0.1) is 12.6 Å². The molecule has 0 aliphatic rings. The minimum absolute atomic E-state index is 0.0441. The highest BCUT2D eigenvalue weighted by molar-refractivity contribution is 5.99. The van der Waals surface area contributed by atoms with Crippen molar-refractivity contribution in [2.24, 2.45) is 7.05 Å². The van der Waals surface area contributed by atoms with Crippen LogP contribution in [-0.2, 0) is 11.8 Å². The van der Waals surface area contributed by atoms with E-state index in [1.807, 2.05) is 0 Å². The van der Waals surface area contributed by atoms with E-state index in [4.69, 9.17) is 9.47 Å². The van der Waals surface area contributed by atoms with Crippen molar-refractivity contribution < 1.29 is 19.4 Å². The number of methoxy groups -OCH3 is 1. The number of hydrogen-bond donors (Lipinski definition) is 1. The summed E-state index contributed by atoms with van der Waals surface area (Å²) in [7, 11) is 3.00. The second-order valence-corrected chi connectivity index (χ2v) is 4.36. The molecule has 0 bridgehead atoms. The van der Waals surface area contributed by atoms with E-state index in [9.17, 15) is 14.7 Å². The summed E-state index contributed by atoms with van der Waals surface area (Å²) in [4.78, 5) is 24.1. The summed E-state index contributed by atoms with van der Waals surface area (Å²) in [5.41, 5.74) is -0.544. The number of aromatic hydroxyl groups is 1. The van der Waals surface area contributed by atoms with Crippen molar-refractivity contribution in [2.45, 2.75) is 0 Å². The van der Waals surface area contributed by atoms with E-state index in [0.29, 0.717) is 16.7 Å². The zero-order valence-electron chi connectivity index (χ0n) is 11.8. The third-order valence-electron chi connectivity index (χ3n) is 3.11. The minimum Gasteiger partial charge on any atom is -0.506 e. The van der Waals surface area contributed by atoms with Gasteiger partial charge in [0.15, 0.2) is 5.56 Å². The second kappa shape index (κ2) is 5.70. The zero-order chi connectivity index (χ0) is 15.6. The first kappa shape index (κ1) is 14.6. The van der Waals surface area contributed by atoms with Gasteiger partial charge in [0.25, 0.3) is 5.56 Å². The van der Waals surface area contributed by atoms with Gasteiger partial charge in [-0.3, -0.25) is 4.79 Å². The fourth-order valence-electron chi connectivity index (χ4n) is 2.03. The number of nitrogens with zero attached hydrogens (tertiary/aromatic N) is 1. The van der Waals surface area contributed by atoms with Crippen molar-refractivity contribution in [3.05, 3.63) is 46.8 Å². The topological polar surface area (TPSA) is 77.8 Å². The van der Waals surface area contributed by atoms with E-state index >= 15 is 0 Å². The third kappa shape index (κ3) is 2.47. The van der Waals surface area contributed by atoms with Crippen molar-refractivity contribution in [1.29, 1.82) is 0 Å². The van der Waals surface area contributed by atoms with E-state index < -0.39 is 22.8 Å². The molecule has 0 unspecified atom stereocenters. The molecule has 0 aliphatic carbocycles. The molecular formula is C15H15NO5. The molecule has 0 saturated carbocycles. The summed E-state index contributed by atoms with van der Waals surface area (Å²) >= 11 is 0. The van der Waals surface area contributed by atoms with Crippen LogP contribution in [0, 0.1) is 0 Å². The smallest absolute Gasteiger partial charge is 0.347 e. The summed E-state index contributed by atoms with van der Waals surface area (Å²) in [6.45, 7) is 3.38. The van der Waals surface area contributed by atoms with Gasteiger partial charge in [-0.15, -0.1) is 0 Å². The monoisotopic (exact) mass is 289 g/mol. The maximum atomic E-state index is 12.2. The Morgan fingerprint density at radius 3 is 2.81 bits per heavy atom. The Morgan fingerprint density at radius 1 is 1.48 bits per heavy atom. The zero-order valence-corrected chi connectivity index (χ0v) is 11.8. The van der Waals surface area contributed by atoms with Gasteiger partial charge in [0.1, 0.15) is 18.1 Å². The predicted octanol–water partition coefficient (Wildman–Crippen LogP) is 1.60. The molecule has 0 fully saturated rings. The Morgan fingerprint density at radius 2 is 2.19 bits per heavy atom. The molecule has 6 heteroatoms. The van der Waals surface area contributed by atoms with Gasteiger partial charge < -0.3 is 19.1 Å². The van der Waals surface area contributed by atoms with Crippen LogP contribution in [0.25, 0.3) is 10.9 Å². The highest BCUT2D eigenvalue weighted by atomic mass is 16.5. The molecule has 0 radical (unpaired) electrons. The lowest BCUT2D eigenvalue weighted by atomic mass is 10.1. The van der Waals surface area contributed by atoms with Crippen LogP contribution in [0.3, 0.4) is 0 Å². The maximum Gasteiger partial charge on any atom is 0.347 e. The van der Waals surface area contributed by atoms with Gasteiger partial charge in [0, 0.05) is 12.4 Å². The number of pyridine rings is 1. The number of hydrogen-bond acceptors (Lipinski definition) is 5. The summed E-state index contributed by atoms with van der Waals surface area (Å²) in [6, 6.07) is 4.85. The summed E-state index contributed by atoms with van der Waals surface area (Å²) in [6.07, 6.45) is 1.38. The molecule has 0 spiro atoms. The summed E-state index contributed by atoms with van der Waals surface area (Å²) in [5, 5.41) is 10.6. The Labute approximate surface area is 120 Å². The lowest BCUT2D eigenvalue weighted by Crippen LogP contribution is -2.26. The van der Waals surface area contributed by atoms with Crippen molar-refractivity contribution in [1.82, 2.24) is 4.57 Å². The molecule has 1 heterocycles. The van der Waals surface area contributed by atoms with Crippen molar-refractivity contribution in [3.63, 3.8) is 0 Å². The average molecular weight is 289 g/mol. The molecule has 2 rings (SSSR count).